The van der Waals surface area contributed by atoms with Crippen LogP contribution in [0.1, 0.15) is 11.7 Å². The van der Waals surface area contributed by atoms with Crippen molar-refractivity contribution >= 4 is 33.9 Å². The first-order chi connectivity index (χ1) is 10.2. The Labute approximate surface area is 133 Å². The molecule has 5 nitrogen and oxygen atoms in total. The molecule has 0 radical (unpaired) electrons. The van der Waals surface area contributed by atoms with Gasteiger partial charge >= 0.3 is 0 Å². The molecule has 0 aliphatic carbocycles. The van der Waals surface area contributed by atoms with Crippen molar-refractivity contribution < 1.29 is 0 Å². The standard InChI is InChI=1S/C14H19N5S2/c1-18-7-9-20-13(18)16-12(11-3-5-15-6-4-11)17-14-19(2)8-10-21-14/h3-6,12H,7-10H2,1-2H3. The van der Waals surface area contributed by atoms with E-state index < -0.39 is 0 Å². The van der Waals surface area contributed by atoms with Gasteiger partial charge < -0.3 is 9.80 Å². The molecular weight excluding hydrogens is 302 g/mol. The molecule has 0 bridgehead atoms. The lowest BCUT2D eigenvalue weighted by Crippen LogP contribution is -2.21. The van der Waals surface area contributed by atoms with Crippen molar-refractivity contribution in [3.63, 3.8) is 0 Å². The number of amidine groups is 2. The number of aliphatic imine (C=N–C) groups is 2. The normalized spacial score (nSPS) is 24.3. The Morgan fingerprint density at radius 3 is 1.95 bits per heavy atom. The van der Waals surface area contributed by atoms with Crippen LogP contribution >= 0.6 is 23.5 Å². The summed E-state index contributed by atoms with van der Waals surface area (Å²) in [7, 11) is 4.18. The third kappa shape index (κ3) is 3.52. The lowest BCUT2D eigenvalue weighted by atomic mass is 10.2. The molecule has 112 valence electrons. The highest BCUT2D eigenvalue weighted by Crippen LogP contribution is 2.27. The third-order valence-electron chi connectivity index (χ3n) is 3.44. The van der Waals surface area contributed by atoms with Gasteiger partial charge in [0.2, 0.25) is 0 Å². The number of thioether (sulfide) groups is 2. The van der Waals surface area contributed by atoms with Gasteiger partial charge in [0.25, 0.3) is 0 Å². The molecule has 0 saturated carbocycles. The van der Waals surface area contributed by atoms with Crippen LogP contribution in [0.5, 0.6) is 0 Å². The van der Waals surface area contributed by atoms with Gasteiger partial charge in [-0.15, -0.1) is 0 Å². The highest BCUT2D eigenvalue weighted by Gasteiger charge is 2.21. The maximum Gasteiger partial charge on any atom is 0.170 e. The van der Waals surface area contributed by atoms with Crippen LogP contribution < -0.4 is 0 Å². The lowest BCUT2D eigenvalue weighted by Gasteiger charge is -2.16. The number of aromatic nitrogens is 1. The van der Waals surface area contributed by atoms with Gasteiger partial charge in [0.15, 0.2) is 16.5 Å². The molecule has 2 aliphatic rings. The van der Waals surface area contributed by atoms with Crippen LogP contribution in [0, 0.1) is 0 Å². The highest BCUT2D eigenvalue weighted by molar-refractivity contribution is 8.14. The quantitative estimate of drug-likeness (QED) is 0.853. The third-order valence-corrected chi connectivity index (χ3v) is 5.56. The molecule has 0 spiro atoms. The fourth-order valence-electron chi connectivity index (χ4n) is 2.15. The first kappa shape index (κ1) is 14.7. The van der Waals surface area contributed by atoms with Gasteiger partial charge in [-0.3, -0.25) is 4.98 Å². The zero-order valence-corrected chi connectivity index (χ0v) is 13.9. The maximum atomic E-state index is 4.88. The molecule has 0 amide bonds. The van der Waals surface area contributed by atoms with Crippen molar-refractivity contribution in [2.45, 2.75) is 6.17 Å². The molecule has 3 heterocycles. The maximum absolute atomic E-state index is 4.88. The van der Waals surface area contributed by atoms with Crippen molar-refractivity contribution in [1.29, 1.82) is 0 Å². The van der Waals surface area contributed by atoms with Crippen molar-refractivity contribution in [2.75, 3.05) is 38.7 Å². The lowest BCUT2D eigenvalue weighted by molar-refractivity contribution is 0.546. The van der Waals surface area contributed by atoms with E-state index in [2.05, 4.69) is 28.9 Å². The Morgan fingerprint density at radius 1 is 1.00 bits per heavy atom. The van der Waals surface area contributed by atoms with Gasteiger partial charge in [0.1, 0.15) is 0 Å². The number of hydrogen-bond donors (Lipinski definition) is 0. The second-order valence-corrected chi connectivity index (χ2v) is 7.14. The molecule has 2 fully saturated rings. The fraction of sp³-hybridized carbons (Fsp3) is 0.500. The summed E-state index contributed by atoms with van der Waals surface area (Å²) in [4.78, 5) is 18.2. The van der Waals surface area contributed by atoms with E-state index in [9.17, 15) is 0 Å². The van der Waals surface area contributed by atoms with Crippen molar-refractivity contribution in [3.05, 3.63) is 30.1 Å². The Morgan fingerprint density at radius 2 is 1.52 bits per heavy atom. The van der Waals surface area contributed by atoms with Crippen LogP contribution in [-0.2, 0) is 0 Å². The van der Waals surface area contributed by atoms with Gasteiger partial charge in [-0.2, -0.15) is 0 Å². The van der Waals surface area contributed by atoms with Gasteiger partial charge in [-0.1, -0.05) is 23.5 Å². The molecule has 1 aromatic rings. The predicted octanol–water partition coefficient (Wildman–Crippen LogP) is 2.15. The predicted molar refractivity (Wildman–Crippen MR) is 92.0 cm³/mol. The second kappa shape index (κ2) is 6.70. The number of hydrogen-bond acceptors (Lipinski definition) is 5. The Hall–Kier alpha value is -1.21. The molecule has 0 atom stereocenters. The smallest absolute Gasteiger partial charge is 0.170 e. The summed E-state index contributed by atoms with van der Waals surface area (Å²) in [6.45, 7) is 2.11. The van der Waals surface area contributed by atoms with Crippen LogP contribution in [-0.4, -0.2) is 63.8 Å². The number of nitrogens with zero attached hydrogens (tertiary/aromatic N) is 5. The van der Waals surface area contributed by atoms with Crippen LogP contribution in [0.2, 0.25) is 0 Å². The minimum absolute atomic E-state index is 0.181. The molecule has 7 heteroatoms. The Bertz CT molecular complexity index is 516. The topological polar surface area (TPSA) is 44.1 Å². The van der Waals surface area contributed by atoms with E-state index in [1.54, 1.807) is 35.9 Å². The number of pyridine rings is 1. The molecule has 0 N–H and O–H groups in total. The van der Waals surface area contributed by atoms with Crippen molar-refractivity contribution in [3.8, 4) is 0 Å². The number of rotatable bonds is 3. The van der Waals surface area contributed by atoms with E-state index in [0.717, 1.165) is 40.5 Å². The summed E-state index contributed by atoms with van der Waals surface area (Å²) in [6.07, 6.45) is 3.43. The zero-order valence-electron chi connectivity index (χ0n) is 12.3. The minimum Gasteiger partial charge on any atom is -0.354 e. The molecule has 3 rings (SSSR count). The molecular formula is C14H19N5S2. The van der Waals surface area contributed by atoms with E-state index in [-0.39, 0.29) is 6.17 Å². The van der Waals surface area contributed by atoms with Crippen LogP contribution in [0.15, 0.2) is 34.5 Å². The highest BCUT2D eigenvalue weighted by atomic mass is 32.2. The molecule has 2 saturated heterocycles. The molecule has 0 unspecified atom stereocenters. The first-order valence-corrected chi connectivity index (χ1v) is 8.94. The van der Waals surface area contributed by atoms with Crippen LogP contribution in [0.4, 0.5) is 0 Å². The van der Waals surface area contributed by atoms with Gasteiger partial charge in [-0.25, -0.2) is 9.98 Å². The summed E-state index contributed by atoms with van der Waals surface area (Å²) in [5.41, 5.74) is 1.09. The summed E-state index contributed by atoms with van der Waals surface area (Å²) in [5.74, 6) is 2.20. The van der Waals surface area contributed by atoms with Crippen molar-refractivity contribution in [1.82, 2.24) is 14.8 Å². The second-order valence-electron chi connectivity index (χ2n) is 5.02. The van der Waals surface area contributed by atoms with Gasteiger partial charge in [0, 0.05) is 56.6 Å². The average Bonchev–Trinajstić information content (AvgIpc) is 3.09. The van der Waals surface area contributed by atoms with Crippen LogP contribution in [0.25, 0.3) is 0 Å². The minimum atomic E-state index is -0.181. The molecule has 0 aromatic carbocycles. The van der Waals surface area contributed by atoms with E-state index in [0.29, 0.717) is 0 Å². The largest absolute Gasteiger partial charge is 0.354 e. The van der Waals surface area contributed by atoms with Gasteiger partial charge in [-0.05, 0) is 12.1 Å². The Balaban J connectivity index is 1.92. The fourth-order valence-corrected chi connectivity index (χ4v) is 4.22. The summed E-state index contributed by atoms with van der Waals surface area (Å²) in [6, 6.07) is 4.00. The van der Waals surface area contributed by atoms with Crippen LogP contribution in [0.3, 0.4) is 0 Å². The molecule has 1 aromatic heterocycles. The van der Waals surface area contributed by atoms with Gasteiger partial charge in [0.05, 0.1) is 0 Å². The Kier molecular flexibility index (Phi) is 4.70. The summed E-state index contributed by atoms with van der Waals surface area (Å²) in [5, 5.41) is 2.15. The average molecular weight is 321 g/mol. The zero-order chi connectivity index (χ0) is 14.7. The van der Waals surface area contributed by atoms with E-state index >= 15 is 0 Å². The van der Waals surface area contributed by atoms with E-state index in [1.807, 2.05) is 12.1 Å². The van der Waals surface area contributed by atoms with E-state index in [4.69, 9.17) is 9.98 Å². The monoisotopic (exact) mass is 321 g/mol. The van der Waals surface area contributed by atoms with Crippen molar-refractivity contribution in [2.24, 2.45) is 9.98 Å². The first-order valence-electron chi connectivity index (χ1n) is 6.97. The summed E-state index contributed by atoms with van der Waals surface area (Å²) < 4.78 is 0. The molecule has 21 heavy (non-hydrogen) atoms. The summed E-state index contributed by atoms with van der Waals surface area (Å²) >= 11 is 3.61. The van der Waals surface area contributed by atoms with E-state index in [1.165, 1.54) is 0 Å². The SMILES string of the molecule is CN1CCSC1=NC(N=C1SCCN1C)c1ccncc1. The molecule has 2 aliphatic heterocycles.